The molecule has 2 atom stereocenters. The van der Waals surface area contributed by atoms with Crippen molar-refractivity contribution in [3.8, 4) is 0 Å². The SMILES string of the molecule is CCCNC(C)(CC(C)SCc1cccc(C)c1)C(=O)O. The number of carboxylic acids is 1. The first-order valence-electron chi connectivity index (χ1n) is 7.53. The van der Waals surface area contributed by atoms with Crippen molar-refractivity contribution in [3.63, 3.8) is 0 Å². The van der Waals surface area contributed by atoms with Crippen molar-refractivity contribution in [3.05, 3.63) is 35.4 Å². The van der Waals surface area contributed by atoms with Crippen LogP contribution in [0.3, 0.4) is 0 Å². The molecule has 3 nitrogen and oxygen atoms in total. The van der Waals surface area contributed by atoms with Gasteiger partial charge in [0.15, 0.2) is 0 Å². The van der Waals surface area contributed by atoms with Crippen LogP contribution in [0.4, 0.5) is 0 Å². The lowest BCUT2D eigenvalue weighted by molar-refractivity contribution is -0.144. The van der Waals surface area contributed by atoms with Crippen LogP contribution in [0.15, 0.2) is 24.3 Å². The number of aryl methyl sites for hydroxylation is 1. The molecule has 2 N–H and O–H groups in total. The van der Waals surface area contributed by atoms with Crippen molar-refractivity contribution in [2.24, 2.45) is 0 Å². The molecule has 1 aromatic rings. The summed E-state index contributed by atoms with van der Waals surface area (Å²) in [6, 6.07) is 8.47. The Morgan fingerprint density at radius 2 is 2.19 bits per heavy atom. The van der Waals surface area contributed by atoms with E-state index in [1.165, 1.54) is 11.1 Å². The highest BCUT2D eigenvalue weighted by Crippen LogP contribution is 2.25. The van der Waals surface area contributed by atoms with Gasteiger partial charge < -0.3 is 10.4 Å². The van der Waals surface area contributed by atoms with Crippen LogP contribution in [0.25, 0.3) is 0 Å². The minimum atomic E-state index is -0.838. The molecule has 0 radical (unpaired) electrons. The van der Waals surface area contributed by atoms with E-state index in [0.29, 0.717) is 6.42 Å². The molecule has 4 heteroatoms. The molecule has 0 spiro atoms. The normalized spacial score (nSPS) is 15.4. The van der Waals surface area contributed by atoms with Crippen LogP contribution in [0.5, 0.6) is 0 Å². The highest BCUT2D eigenvalue weighted by molar-refractivity contribution is 7.99. The molecule has 1 rings (SSSR count). The molecule has 21 heavy (non-hydrogen) atoms. The number of thioether (sulfide) groups is 1. The second-order valence-electron chi connectivity index (χ2n) is 5.88. The predicted molar refractivity (Wildman–Crippen MR) is 90.9 cm³/mol. The number of hydrogen-bond acceptors (Lipinski definition) is 3. The van der Waals surface area contributed by atoms with E-state index in [-0.39, 0.29) is 5.25 Å². The molecule has 0 bridgehead atoms. The summed E-state index contributed by atoms with van der Waals surface area (Å²) in [5.74, 6) is 0.158. The fraction of sp³-hybridized carbons (Fsp3) is 0.588. The second kappa shape index (κ2) is 8.44. The molecule has 0 aliphatic carbocycles. The Hall–Kier alpha value is -1.00. The van der Waals surface area contributed by atoms with Gasteiger partial charge in [0.1, 0.15) is 5.54 Å². The number of rotatable bonds is 9. The molecule has 118 valence electrons. The van der Waals surface area contributed by atoms with Crippen LogP contribution in [0, 0.1) is 6.92 Å². The quantitative estimate of drug-likeness (QED) is 0.727. The zero-order chi connectivity index (χ0) is 15.9. The first-order valence-corrected chi connectivity index (χ1v) is 8.58. The van der Waals surface area contributed by atoms with Gasteiger partial charge in [0.25, 0.3) is 0 Å². The highest BCUT2D eigenvalue weighted by Gasteiger charge is 2.33. The van der Waals surface area contributed by atoms with Gasteiger partial charge in [0, 0.05) is 11.0 Å². The van der Waals surface area contributed by atoms with Crippen LogP contribution >= 0.6 is 11.8 Å². The Kier molecular flexibility index (Phi) is 7.26. The number of benzene rings is 1. The van der Waals surface area contributed by atoms with E-state index < -0.39 is 11.5 Å². The number of hydrogen-bond donors (Lipinski definition) is 2. The third-order valence-electron chi connectivity index (χ3n) is 3.55. The van der Waals surface area contributed by atoms with Crippen molar-refractivity contribution in [2.75, 3.05) is 6.54 Å². The second-order valence-corrected chi connectivity index (χ2v) is 7.31. The third-order valence-corrected chi connectivity index (χ3v) is 4.79. The van der Waals surface area contributed by atoms with Gasteiger partial charge >= 0.3 is 5.97 Å². The summed E-state index contributed by atoms with van der Waals surface area (Å²) in [7, 11) is 0. The number of carbonyl (C=O) groups is 1. The fourth-order valence-corrected chi connectivity index (χ4v) is 3.42. The number of aliphatic carboxylic acids is 1. The van der Waals surface area contributed by atoms with Crippen molar-refractivity contribution in [2.45, 2.75) is 57.1 Å². The molecule has 0 heterocycles. The van der Waals surface area contributed by atoms with Crippen LogP contribution in [0.2, 0.25) is 0 Å². The van der Waals surface area contributed by atoms with Gasteiger partial charge in [-0.25, -0.2) is 0 Å². The van der Waals surface area contributed by atoms with Crippen molar-refractivity contribution in [1.29, 1.82) is 0 Å². The minimum absolute atomic E-state index is 0.288. The van der Waals surface area contributed by atoms with Gasteiger partial charge in [0.05, 0.1) is 0 Å². The number of nitrogens with one attached hydrogen (secondary N) is 1. The van der Waals surface area contributed by atoms with Crippen LogP contribution in [0.1, 0.15) is 44.7 Å². The molecule has 0 saturated carbocycles. The van der Waals surface area contributed by atoms with Gasteiger partial charge in [-0.15, -0.1) is 0 Å². The van der Waals surface area contributed by atoms with Crippen molar-refractivity contribution < 1.29 is 9.90 Å². The van der Waals surface area contributed by atoms with E-state index in [1.807, 2.05) is 18.7 Å². The van der Waals surface area contributed by atoms with Crippen LogP contribution in [-0.4, -0.2) is 28.4 Å². The zero-order valence-corrected chi connectivity index (χ0v) is 14.3. The van der Waals surface area contributed by atoms with Crippen LogP contribution in [-0.2, 0) is 10.5 Å². The summed E-state index contributed by atoms with van der Waals surface area (Å²) >= 11 is 1.81. The summed E-state index contributed by atoms with van der Waals surface area (Å²) in [4.78, 5) is 11.5. The Morgan fingerprint density at radius 1 is 1.48 bits per heavy atom. The minimum Gasteiger partial charge on any atom is -0.480 e. The van der Waals surface area contributed by atoms with E-state index >= 15 is 0 Å². The van der Waals surface area contributed by atoms with E-state index in [0.717, 1.165) is 18.7 Å². The predicted octanol–water partition coefficient (Wildman–Crippen LogP) is 3.85. The number of carboxylic acid groups (broad SMARTS) is 1. The maximum absolute atomic E-state index is 11.5. The lowest BCUT2D eigenvalue weighted by Gasteiger charge is -2.29. The third kappa shape index (κ3) is 6.10. The summed E-state index contributed by atoms with van der Waals surface area (Å²) in [5, 5.41) is 12.9. The maximum Gasteiger partial charge on any atom is 0.323 e. The first kappa shape index (κ1) is 18.1. The standard InChI is InChI=1S/C17H27NO2S/c1-5-9-18-17(4,16(19)20)11-14(3)21-12-15-8-6-7-13(2)10-15/h6-8,10,14,18H,5,9,11-12H2,1-4H3,(H,19,20). The molecule has 2 unspecified atom stereocenters. The van der Waals surface area contributed by atoms with Gasteiger partial charge in [-0.1, -0.05) is 43.7 Å². The van der Waals surface area contributed by atoms with Gasteiger partial charge in [-0.3, -0.25) is 4.79 Å². The molecule has 0 amide bonds. The summed E-state index contributed by atoms with van der Waals surface area (Å²) < 4.78 is 0. The Bertz CT molecular complexity index is 464. The molecule has 1 aromatic carbocycles. The lowest BCUT2D eigenvalue weighted by Crippen LogP contribution is -2.51. The van der Waals surface area contributed by atoms with E-state index in [4.69, 9.17) is 0 Å². The van der Waals surface area contributed by atoms with Crippen molar-refractivity contribution in [1.82, 2.24) is 5.32 Å². The molecule has 0 saturated heterocycles. The summed E-state index contributed by atoms with van der Waals surface area (Å²) in [5.41, 5.74) is 1.72. The monoisotopic (exact) mass is 309 g/mol. The topological polar surface area (TPSA) is 49.3 Å². The first-order chi connectivity index (χ1) is 9.87. The fourth-order valence-electron chi connectivity index (χ4n) is 2.31. The van der Waals surface area contributed by atoms with Crippen molar-refractivity contribution >= 4 is 17.7 Å². The molecular formula is C17H27NO2S. The zero-order valence-electron chi connectivity index (χ0n) is 13.5. The smallest absolute Gasteiger partial charge is 0.323 e. The Morgan fingerprint density at radius 3 is 2.76 bits per heavy atom. The Balaban J connectivity index is 2.54. The van der Waals surface area contributed by atoms with Crippen LogP contribution < -0.4 is 5.32 Å². The average molecular weight is 309 g/mol. The largest absolute Gasteiger partial charge is 0.480 e. The van der Waals surface area contributed by atoms with Gasteiger partial charge in [-0.2, -0.15) is 11.8 Å². The molecule has 0 aliphatic heterocycles. The van der Waals surface area contributed by atoms with E-state index in [9.17, 15) is 9.90 Å². The molecule has 0 fully saturated rings. The summed E-state index contributed by atoms with van der Waals surface area (Å²) in [6.45, 7) is 8.76. The molecule has 0 aromatic heterocycles. The van der Waals surface area contributed by atoms with E-state index in [1.54, 1.807) is 6.92 Å². The lowest BCUT2D eigenvalue weighted by atomic mass is 9.96. The Labute approximate surface area is 132 Å². The highest BCUT2D eigenvalue weighted by atomic mass is 32.2. The van der Waals surface area contributed by atoms with E-state index in [2.05, 4.69) is 43.4 Å². The average Bonchev–Trinajstić information content (AvgIpc) is 2.43. The maximum atomic E-state index is 11.5. The van der Waals surface area contributed by atoms with Gasteiger partial charge in [0.2, 0.25) is 0 Å². The molecular weight excluding hydrogens is 282 g/mol. The molecule has 0 aliphatic rings. The van der Waals surface area contributed by atoms with Gasteiger partial charge in [-0.05, 0) is 38.8 Å². The summed E-state index contributed by atoms with van der Waals surface area (Å²) in [6.07, 6.45) is 1.56.